The monoisotopic (exact) mass is 340 g/mol. The summed E-state index contributed by atoms with van der Waals surface area (Å²) in [5, 5.41) is 8.69. The molecule has 3 saturated carbocycles. The summed E-state index contributed by atoms with van der Waals surface area (Å²) >= 11 is 0. The summed E-state index contributed by atoms with van der Waals surface area (Å²) in [7, 11) is 1.38. The van der Waals surface area contributed by atoms with Gasteiger partial charge in [0.2, 0.25) is 11.8 Å². The maximum absolute atomic E-state index is 11.7. The molecular weight excluding hydrogens is 316 g/mol. The zero-order valence-corrected chi connectivity index (χ0v) is 14.9. The molecule has 0 atom stereocenters. The van der Waals surface area contributed by atoms with E-state index < -0.39 is 0 Å². The number of benzene rings is 1. The number of aromatic nitrogens is 2. The molecule has 0 N–H and O–H groups in total. The molecule has 1 aromatic carbocycles. The molecule has 0 spiro atoms. The third kappa shape index (κ3) is 2.86. The van der Waals surface area contributed by atoms with Gasteiger partial charge in [0, 0.05) is 11.0 Å². The van der Waals surface area contributed by atoms with E-state index >= 15 is 0 Å². The fraction of sp³-hybridized carbons (Fsp3) is 0.550. The Balaban J connectivity index is 1.64. The van der Waals surface area contributed by atoms with Crippen molar-refractivity contribution < 1.29 is 13.9 Å². The van der Waals surface area contributed by atoms with E-state index in [-0.39, 0.29) is 11.4 Å². The molecule has 0 unspecified atom stereocenters. The molecule has 2 aromatic rings. The van der Waals surface area contributed by atoms with Gasteiger partial charge in [0.25, 0.3) is 0 Å². The van der Waals surface area contributed by atoms with Crippen molar-refractivity contribution in [2.24, 2.45) is 5.41 Å². The van der Waals surface area contributed by atoms with Gasteiger partial charge in [-0.1, -0.05) is 19.4 Å². The molecule has 3 fully saturated rings. The number of carbonyl (C=O) groups excluding carboxylic acids is 1. The van der Waals surface area contributed by atoms with Crippen LogP contribution < -0.4 is 0 Å². The largest absolute Gasteiger partial charge is 0.465 e. The van der Waals surface area contributed by atoms with Crippen LogP contribution >= 0.6 is 0 Å². The standard InChI is InChI=1S/C20H24N2O3/c1-19-7-4-8-20(11-9-19,12-10-19)18-22-21-16(25-18)14-5-3-6-15(13-14)17(23)24-2/h3,5-6,13H,4,7-12H2,1-2H3. The molecule has 5 nitrogen and oxygen atoms in total. The first-order valence-corrected chi connectivity index (χ1v) is 9.06. The third-order valence-corrected chi connectivity index (χ3v) is 6.26. The van der Waals surface area contributed by atoms with Gasteiger partial charge >= 0.3 is 5.97 Å². The smallest absolute Gasteiger partial charge is 0.337 e. The normalized spacial score (nSPS) is 28.6. The molecule has 3 aliphatic carbocycles. The average Bonchev–Trinajstić information content (AvgIpc) is 3.01. The Labute approximate surface area is 147 Å². The summed E-state index contributed by atoms with van der Waals surface area (Å²) in [6.07, 6.45) is 8.40. The fourth-order valence-electron chi connectivity index (χ4n) is 4.46. The molecule has 132 valence electrons. The van der Waals surface area contributed by atoms with Crippen LogP contribution in [-0.2, 0) is 10.2 Å². The Kier molecular flexibility index (Phi) is 3.89. The number of esters is 1. The highest BCUT2D eigenvalue weighted by Gasteiger charge is 2.47. The average molecular weight is 340 g/mol. The Hall–Kier alpha value is -2.17. The van der Waals surface area contributed by atoms with Gasteiger partial charge in [-0.15, -0.1) is 10.2 Å². The van der Waals surface area contributed by atoms with Crippen molar-refractivity contribution in [3.63, 3.8) is 0 Å². The van der Waals surface area contributed by atoms with Crippen LogP contribution in [0.15, 0.2) is 28.7 Å². The molecule has 0 amide bonds. The fourth-order valence-corrected chi connectivity index (χ4v) is 4.46. The molecule has 0 saturated heterocycles. The van der Waals surface area contributed by atoms with E-state index in [1.165, 1.54) is 32.8 Å². The Morgan fingerprint density at radius 1 is 1.12 bits per heavy atom. The molecule has 3 aliphatic rings. The number of fused-ring (bicyclic) bond motifs is 4. The SMILES string of the molecule is COC(=O)c1cccc(-c2nnc(C34CCCC(C)(CC3)CC4)o2)c1. The van der Waals surface area contributed by atoms with Crippen LogP contribution in [0.5, 0.6) is 0 Å². The van der Waals surface area contributed by atoms with E-state index in [0.29, 0.717) is 16.9 Å². The Morgan fingerprint density at radius 3 is 2.68 bits per heavy atom. The van der Waals surface area contributed by atoms with Crippen LogP contribution in [0.25, 0.3) is 11.5 Å². The van der Waals surface area contributed by atoms with Crippen molar-refractivity contribution in [3.8, 4) is 11.5 Å². The highest BCUT2D eigenvalue weighted by atomic mass is 16.5. The summed E-state index contributed by atoms with van der Waals surface area (Å²) < 4.78 is 10.9. The first-order chi connectivity index (χ1) is 12.0. The summed E-state index contributed by atoms with van der Waals surface area (Å²) in [5.74, 6) is 0.887. The van der Waals surface area contributed by atoms with Gasteiger partial charge in [0.1, 0.15) is 0 Å². The van der Waals surface area contributed by atoms with Crippen molar-refractivity contribution in [3.05, 3.63) is 35.7 Å². The van der Waals surface area contributed by atoms with E-state index in [9.17, 15) is 4.79 Å². The molecule has 5 heteroatoms. The van der Waals surface area contributed by atoms with E-state index in [0.717, 1.165) is 30.7 Å². The summed E-state index contributed by atoms with van der Waals surface area (Å²) in [5.41, 5.74) is 1.78. The third-order valence-electron chi connectivity index (χ3n) is 6.26. The van der Waals surface area contributed by atoms with Crippen LogP contribution in [0.1, 0.15) is 68.1 Å². The van der Waals surface area contributed by atoms with E-state index in [1.807, 2.05) is 6.07 Å². The molecule has 5 rings (SSSR count). The predicted octanol–water partition coefficient (Wildman–Crippen LogP) is 4.53. The van der Waals surface area contributed by atoms with Crippen molar-refractivity contribution in [1.82, 2.24) is 10.2 Å². The zero-order chi connectivity index (χ0) is 17.5. The maximum atomic E-state index is 11.7. The topological polar surface area (TPSA) is 65.2 Å². The lowest BCUT2D eigenvalue weighted by Gasteiger charge is -2.38. The van der Waals surface area contributed by atoms with Gasteiger partial charge in [-0.25, -0.2) is 4.79 Å². The number of carbonyl (C=O) groups is 1. The highest BCUT2D eigenvalue weighted by Crippen LogP contribution is 2.54. The summed E-state index contributed by atoms with van der Waals surface area (Å²) in [6.45, 7) is 2.42. The predicted molar refractivity (Wildman–Crippen MR) is 93.2 cm³/mol. The van der Waals surface area contributed by atoms with Crippen LogP contribution in [0.3, 0.4) is 0 Å². The highest BCUT2D eigenvalue weighted by molar-refractivity contribution is 5.90. The second-order valence-corrected chi connectivity index (χ2v) is 7.93. The minimum atomic E-state index is -0.365. The van der Waals surface area contributed by atoms with Gasteiger partial charge in [0.05, 0.1) is 12.7 Å². The van der Waals surface area contributed by atoms with Crippen LogP contribution in [0.4, 0.5) is 0 Å². The van der Waals surface area contributed by atoms with Gasteiger partial charge in [-0.05, 0) is 62.1 Å². The number of methoxy groups -OCH3 is 1. The lowest BCUT2D eigenvalue weighted by Crippen LogP contribution is -2.32. The molecule has 1 aromatic heterocycles. The lowest BCUT2D eigenvalue weighted by atomic mass is 9.66. The number of nitrogens with zero attached hydrogens (tertiary/aromatic N) is 2. The van der Waals surface area contributed by atoms with E-state index in [2.05, 4.69) is 17.1 Å². The van der Waals surface area contributed by atoms with Crippen molar-refractivity contribution in [1.29, 1.82) is 0 Å². The molecule has 25 heavy (non-hydrogen) atoms. The maximum Gasteiger partial charge on any atom is 0.337 e. The van der Waals surface area contributed by atoms with Crippen molar-refractivity contribution >= 4 is 5.97 Å². The van der Waals surface area contributed by atoms with Gasteiger partial charge in [-0.2, -0.15) is 0 Å². The van der Waals surface area contributed by atoms with E-state index in [4.69, 9.17) is 9.15 Å². The molecule has 0 radical (unpaired) electrons. The Bertz CT molecular complexity index is 788. The van der Waals surface area contributed by atoms with E-state index in [1.54, 1.807) is 18.2 Å². The second kappa shape index (κ2) is 5.97. The number of hydrogen-bond donors (Lipinski definition) is 0. The number of rotatable bonds is 3. The zero-order valence-electron chi connectivity index (χ0n) is 14.9. The number of ether oxygens (including phenoxy) is 1. The molecule has 1 heterocycles. The molecule has 2 bridgehead atoms. The van der Waals surface area contributed by atoms with Crippen LogP contribution in [-0.4, -0.2) is 23.3 Å². The van der Waals surface area contributed by atoms with Gasteiger partial charge in [-0.3, -0.25) is 0 Å². The second-order valence-electron chi connectivity index (χ2n) is 7.93. The number of hydrogen-bond acceptors (Lipinski definition) is 5. The van der Waals surface area contributed by atoms with Gasteiger partial charge < -0.3 is 9.15 Å². The Morgan fingerprint density at radius 2 is 1.92 bits per heavy atom. The molecule has 0 aliphatic heterocycles. The minimum absolute atomic E-state index is 0.0429. The van der Waals surface area contributed by atoms with Gasteiger partial charge in [0.15, 0.2) is 0 Å². The summed E-state index contributed by atoms with van der Waals surface area (Å²) in [6, 6.07) is 7.15. The lowest BCUT2D eigenvalue weighted by molar-refractivity contribution is 0.0601. The van der Waals surface area contributed by atoms with Crippen molar-refractivity contribution in [2.45, 2.75) is 57.3 Å². The molecular formula is C20H24N2O3. The quantitative estimate of drug-likeness (QED) is 0.768. The first-order valence-electron chi connectivity index (χ1n) is 9.06. The van der Waals surface area contributed by atoms with Crippen LogP contribution in [0, 0.1) is 5.41 Å². The first kappa shape index (κ1) is 16.3. The summed E-state index contributed by atoms with van der Waals surface area (Å²) in [4.78, 5) is 11.7. The minimum Gasteiger partial charge on any atom is -0.465 e. The van der Waals surface area contributed by atoms with Crippen LogP contribution in [0.2, 0.25) is 0 Å². The van der Waals surface area contributed by atoms with Crippen molar-refractivity contribution in [2.75, 3.05) is 7.11 Å².